The van der Waals surface area contributed by atoms with Gasteiger partial charge in [-0.15, -0.1) is 13.2 Å². The topological polar surface area (TPSA) is 49.8 Å². The van der Waals surface area contributed by atoms with E-state index in [4.69, 9.17) is 8.83 Å². The number of nitrogens with zero attached hydrogens (tertiary/aromatic N) is 1. The normalized spacial score (nSPS) is 14.6. The first-order chi connectivity index (χ1) is 13.0. The quantitative estimate of drug-likeness (QED) is 0.504. The van der Waals surface area contributed by atoms with Crippen LogP contribution in [-0.4, -0.2) is 16.0 Å². The third kappa shape index (κ3) is 5.24. The summed E-state index contributed by atoms with van der Waals surface area (Å²) in [6, 6.07) is 8.55. The van der Waals surface area contributed by atoms with Crippen molar-refractivity contribution >= 4 is 0 Å². The van der Waals surface area contributed by atoms with Crippen LogP contribution in [0, 0.1) is 6.92 Å². The van der Waals surface area contributed by atoms with Gasteiger partial charge in [0.1, 0.15) is 28.6 Å². The first-order valence-electron chi connectivity index (χ1n) is 9.87. The lowest BCUT2D eigenvalue weighted by molar-refractivity contribution is -0.00223. The Morgan fingerprint density at radius 1 is 1.04 bits per heavy atom. The smallest absolute Gasteiger partial charge is 0.135 e. The highest BCUT2D eigenvalue weighted by Gasteiger charge is 2.33. The van der Waals surface area contributed by atoms with Crippen molar-refractivity contribution in [3.8, 4) is 0 Å². The van der Waals surface area contributed by atoms with Crippen LogP contribution in [-0.2, 0) is 18.7 Å². The molecular weight excluding hydrogens is 338 g/mol. The van der Waals surface area contributed by atoms with Gasteiger partial charge in [0.15, 0.2) is 0 Å². The maximum Gasteiger partial charge on any atom is 0.135 e. The molecule has 0 bridgehead atoms. The zero-order valence-corrected chi connectivity index (χ0v) is 16.3. The molecule has 1 fully saturated rings. The number of aliphatic hydroxyl groups is 1. The molecule has 2 aromatic heterocycles. The van der Waals surface area contributed by atoms with E-state index in [1.54, 1.807) is 0 Å². The van der Waals surface area contributed by atoms with Gasteiger partial charge in [0.25, 0.3) is 0 Å². The van der Waals surface area contributed by atoms with Crippen LogP contribution in [0.4, 0.5) is 0 Å². The van der Waals surface area contributed by atoms with E-state index < -0.39 is 5.60 Å². The van der Waals surface area contributed by atoms with Crippen molar-refractivity contribution in [3.63, 3.8) is 0 Å². The van der Waals surface area contributed by atoms with Crippen molar-refractivity contribution in [2.24, 2.45) is 0 Å². The third-order valence-electron chi connectivity index (χ3n) is 5.22. The van der Waals surface area contributed by atoms with Gasteiger partial charge in [0.2, 0.25) is 0 Å². The molecule has 0 atom stereocenters. The first-order valence-corrected chi connectivity index (χ1v) is 9.87. The summed E-state index contributed by atoms with van der Waals surface area (Å²) in [6.45, 7) is 11.0. The fraction of sp³-hybridized carbons (Fsp3) is 0.478. The SMILES string of the molecule is C=CCCC(O)(CCC=C)c1ccc(CN(Cc2ccc(C)o2)C2CC2)o1. The predicted octanol–water partition coefficient (Wildman–Crippen LogP) is 5.47. The van der Waals surface area contributed by atoms with Crippen LogP contribution >= 0.6 is 0 Å². The monoisotopic (exact) mass is 369 g/mol. The third-order valence-corrected chi connectivity index (χ3v) is 5.22. The second-order valence-corrected chi connectivity index (χ2v) is 7.60. The zero-order chi connectivity index (χ0) is 19.3. The molecule has 0 unspecified atom stereocenters. The molecule has 146 valence electrons. The first kappa shape index (κ1) is 19.7. The molecule has 0 aromatic carbocycles. The molecule has 1 saturated carbocycles. The summed E-state index contributed by atoms with van der Waals surface area (Å²) >= 11 is 0. The molecule has 1 N–H and O–H groups in total. The van der Waals surface area contributed by atoms with E-state index in [1.165, 1.54) is 12.8 Å². The van der Waals surface area contributed by atoms with Gasteiger partial charge in [0, 0.05) is 6.04 Å². The summed E-state index contributed by atoms with van der Waals surface area (Å²) < 4.78 is 11.9. The van der Waals surface area contributed by atoms with Crippen molar-refractivity contribution in [2.45, 2.75) is 70.2 Å². The van der Waals surface area contributed by atoms with Crippen LogP contribution in [0.3, 0.4) is 0 Å². The molecule has 3 rings (SSSR count). The minimum atomic E-state index is -0.969. The second kappa shape index (κ2) is 8.77. The van der Waals surface area contributed by atoms with Crippen molar-refractivity contribution in [1.29, 1.82) is 0 Å². The number of aryl methyl sites for hydroxylation is 1. The van der Waals surface area contributed by atoms with E-state index in [1.807, 2.05) is 43.3 Å². The van der Waals surface area contributed by atoms with Gasteiger partial charge < -0.3 is 13.9 Å². The van der Waals surface area contributed by atoms with Gasteiger partial charge in [-0.2, -0.15) is 0 Å². The maximum atomic E-state index is 11.1. The summed E-state index contributed by atoms with van der Waals surface area (Å²) in [6.07, 6.45) is 8.81. The second-order valence-electron chi connectivity index (χ2n) is 7.60. The van der Waals surface area contributed by atoms with Gasteiger partial charge in [0.05, 0.1) is 13.1 Å². The fourth-order valence-electron chi connectivity index (χ4n) is 3.49. The molecule has 2 aromatic rings. The Bertz CT molecular complexity index is 741. The standard InChI is InChI=1S/C23H31NO3/c1-4-6-14-23(25,15-7-5-2)22-13-12-21(27-22)17-24(19-9-10-19)16-20-11-8-18(3)26-20/h4-5,8,11-13,19,25H,1-2,6-7,9-10,14-17H2,3H3. The summed E-state index contributed by atoms with van der Waals surface area (Å²) in [7, 11) is 0. The van der Waals surface area contributed by atoms with E-state index in [9.17, 15) is 5.11 Å². The highest BCUT2D eigenvalue weighted by molar-refractivity contribution is 5.15. The Hall–Kier alpha value is -2.04. The summed E-state index contributed by atoms with van der Waals surface area (Å²) in [5, 5.41) is 11.1. The average Bonchev–Trinajstić information content (AvgIpc) is 3.26. The molecule has 27 heavy (non-hydrogen) atoms. The molecule has 0 amide bonds. The Morgan fingerprint density at radius 2 is 1.63 bits per heavy atom. The molecule has 1 aliphatic rings. The molecule has 1 aliphatic carbocycles. The molecule has 4 heteroatoms. The Kier molecular flexibility index (Phi) is 6.40. The summed E-state index contributed by atoms with van der Waals surface area (Å²) in [5.41, 5.74) is -0.969. The number of hydrogen-bond donors (Lipinski definition) is 1. The molecule has 0 spiro atoms. The van der Waals surface area contributed by atoms with Crippen LogP contribution in [0.2, 0.25) is 0 Å². The molecule has 2 heterocycles. The number of rotatable bonds is 12. The van der Waals surface area contributed by atoms with E-state index in [0.29, 0.717) is 24.6 Å². The Morgan fingerprint density at radius 3 is 2.15 bits per heavy atom. The predicted molar refractivity (Wildman–Crippen MR) is 107 cm³/mol. The lowest BCUT2D eigenvalue weighted by Gasteiger charge is -2.25. The van der Waals surface area contributed by atoms with Crippen LogP contribution in [0.1, 0.15) is 61.6 Å². The van der Waals surface area contributed by atoms with E-state index in [-0.39, 0.29) is 0 Å². The number of hydrogen-bond acceptors (Lipinski definition) is 4. The van der Waals surface area contributed by atoms with Crippen molar-refractivity contribution in [2.75, 3.05) is 0 Å². The lowest BCUT2D eigenvalue weighted by atomic mass is 9.89. The molecule has 0 radical (unpaired) electrons. The van der Waals surface area contributed by atoms with Crippen LogP contribution in [0.15, 0.2) is 58.4 Å². The molecule has 4 nitrogen and oxygen atoms in total. The molecule has 0 saturated heterocycles. The maximum absolute atomic E-state index is 11.1. The van der Waals surface area contributed by atoms with Gasteiger partial charge in [-0.3, -0.25) is 4.90 Å². The Balaban J connectivity index is 1.70. The Labute approximate surface area is 162 Å². The van der Waals surface area contributed by atoms with Crippen molar-refractivity contribution in [1.82, 2.24) is 4.90 Å². The largest absolute Gasteiger partial charge is 0.465 e. The van der Waals surface area contributed by atoms with Crippen LogP contribution in [0.5, 0.6) is 0 Å². The number of furan rings is 2. The highest BCUT2D eigenvalue weighted by Crippen LogP contribution is 2.35. The van der Waals surface area contributed by atoms with E-state index in [2.05, 4.69) is 18.1 Å². The lowest BCUT2D eigenvalue weighted by Crippen LogP contribution is -2.25. The minimum absolute atomic E-state index is 0.587. The van der Waals surface area contributed by atoms with Crippen LogP contribution in [0.25, 0.3) is 0 Å². The molecule has 0 aliphatic heterocycles. The molecular formula is C23H31NO3. The average molecular weight is 370 g/mol. The van der Waals surface area contributed by atoms with Crippen molar-refractivity contribution in [3.05, 3.63) is 72.6 Å². The summed E-state index contributed by atoms with van der Waals surface area (Å²) in [5.74, 6) is 3.46. The highest BCUT2D eigenvalue weighted by atomic mass is 16.4. The summed E-state index contributed by atoms with van der Waals surface area (Å²) in [4.78, 5) is 2.40. The van der Waals surface area contributed by atoms with Gasteiger partial charge >= 0.3 is 0 Å². The van der Waals surface area contributed by atoms with Crippen LogP contribution < -0.4 is 0 Å². The minimum Gasteiger partial charge on any atom is -0.465 e. The van der Waals surface area contributed by atoms with Gasteiger partial charge in [-0.25, -0.2) is 0 Å². The van der Waals surface area contributed by atoms with E-state index >= 15 is 0 Å². The van der Waals surface area contributed by atoms with Gasteiger partial charge in [-0.05, 0) is 69.7 Å². The van der Waals surface area contributed by atoms with Gasteiger partial charge in [-0.1, -0.05) is 12.2 Å². The van der Waals surface area contributed by atoms with E-state index in [0.717, 1.165) is 43.2 Å². The van der Waals surface area contributed by atoms with Crippen molar-refractivity contribution < 1.29 is 13.9 Å². The zero-order valence-electron chi connectivity index (χ0n) is 16.3. The fourth-order valence-corrected chi connectivity index (χ4v) is 3.49. The number of allylic oxidation sites excluding steroid dienone is 2.